The predicted molar refractivity (Wildman–Crippen MR) is 74.1 cm³/mol. The lowest BCUT2D eigenvalue weighted by molar-refractivity contribution is -0.222. The van der Waals surface area contributed by atoms with Crippen molar-refractivity contribution in [2.24, 2.45) is 0 Å². The minimum Gasteiger partial charge on any atom is -0.419 e. The molecule has 1 heterocycles. The number of ether oxygens (including phenoxy) is 2. The zero-order chi connectivity index (χ0) is 18.1. The Kier molecular flexibility index (Phi) is 4.25. The van der Waals surface area contributed by atoms with Crippen LogP contribution < -0.4 is 5.32 Å². The molecule has 6 nitrogen and oxygen atoms in total. The van der Waals surface area contributed by atoms with Gasteiger partial charge in [-0.25, -0.2) is 9.59 Å². The highest BCUT2D eigenvalue weighted by Gasteiger charge is 2.39. The van der Waals surface area contributed by atoms with E-state index in [-0.39, 0.29) is 5.56 Å². The van der Waals surface area contributed by atoms with Gasteiger partial charge >= 0.3 is 18.1 Å². The monoisotopic (exact) mass is 340 g/mol. The molecule has 1 aliphatic rings. The largest absolute Gasteiger partial charge is 0.419 e. The van der Waals surface area contributed by atoms with Crippen LogP contribution in [-0.4, -0.2) is 17.7 Å². The lowest BCUT2D eigenvalue weighted by Crippen LogP contribution is -2.42. The van der Waals surface area contributed by atoms with Gasteiger partial charge in [-0.15, -0.1) is 0 Å². The van der Waals surface area contributed by atoms with E-state index in [9.17, 15) is 22.8 Å². The molecule has 1 N–H and O–H groups in total. The van der Waals surface area contributed by atoms with Gasteiger partial charge in [-0.1, -0.05) is 0 Å². The van der Waals surface area contributed by atoms with Crippen LogP contribution in [0.15, 0.2) is 30.0 Å². The number of halogens is 3. The summed E-state index contributed by atoms with van der Waals surface area (Å²) in [5, 5.41) is 10.9. The first-order valence-electron chi connectivity index (χ1n) is 6.58. The first-order valence-corrected chi connectivity index (χ1v) is 6.58. The Morgan fingerprint density at radius 2 is 1.79 bits per heavy atom. The van der Waals surface area contributed by atoms with Crippen molar-refractivity contribution in [3.05, 3.63) is 41.1 Å². The number of nitrogens with zero attached hydrogens (tertiary/aromatic N) is 1. The van der Waals surface area contributed by atoms with E-state index in [0.29, 0.717) is 6.07 Å². The third-order valence-electron chi connectivity index (χ3n) is 2.94. The zero-order valence-electron chi connectivity index (χ0n) is 12.5. The molecule has 0 spiro atoms. The minimum absolute atomic E-state index is 0.182. The Morgan fingerprint density at radius 1 is 1.21 bits per heavy atom. The number of hydrogen-bond acceptors (Lipinski definition) is 6. The quantitative estimate of drug-likeness (QED) is 0.506. The molecule has 1 saturated heterocycles. The van der Waals surface area contributed by atoms with Gasteiger partial charge in [0.25, 0.3) is 5.79 Å². The van der Waals surface area contributed by atoms with Crippen LogP contribution in [0.3, 0.4) is 0 Å². The lowest BCUT2D eigenvalue weighted by atomic mass is 10.1. The molecule has 1 fully saturated rings. The normalized spacial score (nSPS) is 16.8. The fourth-order valence-electron chi connectivity index (χ4n) is 1.90. The van der Waals surface area contributed by atoms with E-state index in [1.54, 1.807) is 6.07 Å². The summed E-state index contributed by atoms with van der Waals surface area (Å²) in [7, 11) is 0. The van der Waals surface area contributed by atoms with E-state index in [1.165, 1.54) is 13.8 Å². The van der Waals surface area contributed by atoms with Crippen LogP contribution in [0.5, 0.6) is 0 Å². The van der Waals surface area contributed by atoms with Crippen molar-refractivity contribution in [3.8, 4) is 6.07 Å². The summed E-state index contributed by atoms with van der Waals surface area (Å²) in [6.45, 7) is 2.69. The van der Waals surface area contributed by atoms with Gasteiger partial charge in [0.1, 0.15) is 0 Å². The maximum absolute atomic E-state index is 13.0. The smallest absolute Gasteiger partial charge is 0.418 e. The van der Waals surface area contributed by atoms with E-state index < -0.39 is 40.7 Å². The fourth-order valence-corrected chi connectivity index (χ4v) is 1.90. The average molecular weight is 340 g/mol. The third-order valence-corrected chi connectivity index (χ3v) is 2.94. The number of benzene rings is 1. The van der Waals surface area contributed by atoms with Crippen LogP contribution in [0.1, 0.15) is 25.0 Å². The number of carbonyl (C=O) groups is 2. The highest BCUT2D eigenvalue weighted by molar-refractivity contribution is 6.15. The molecule has 1 aliphatic heterocycles. The van der Waals surface area contributed by atoms with Crippen molar-refractivity contribution >= 4 is 17.6 Å². The number of cyclic esters (lactones) is 2. The summed E-state index contributed by atoms with van der Waals surface area (Å²) in [5.41, 5.74) is -2.30. The highest BCUT2D eigenvalue weighted by atomic mass is 19.4. The van der Waals surface area contributed by atoms with Crippen molar-refractivity contribution in [2.75, 3.05) is 5.32 Å². The van der Waals surface area contributed by atoms with Gasteiger partial charge in [0, 0.05) is 20.0 Å². The molecule has 1 aromatic carbocycles. The van der Waals surface area contributed by atoms with E-state index in [4.69, 9.17) is 14.7 Å². The van der Waals surface area contributed by atoms with Gasteiger partial charge in [0.15, 0.2) is 5.57 Å². The van der Waals surface area contributed by atoms with E-state index in [2.05, 4.69) is 5.32 Å². The Labute approximate surface area is 134 Å². The Hall–Kier alpha value is -3.02. The second-order valence-electron chi connectivity index (χ2n) is 5.25. The molecule has 0 bridgehead atoms. The van der Waals surface area contributed by atoms with E-state index in [1.807, 2.05) is 0 Å². The fraction of sp³-hybridized carbons (Fsp3) is 0.267. The van der Waals surface area contributed by atoms with Gasteiger partial charge in [0.05, 0.1) is 22.9 Å². The highest BCUT2D eigenvalue weighted by Crippen LogP contribution is 2.35. The van der Waals surface area contributed by atoms with Crippen molar-refractivity contribution in [1.82, 2.24) is 0 Å². The molecular formula is C15H11F3N2O4. The van der Waals surface area contributed by atoms with Crippen LogP contribution in [-0.2, 0) is 25.2 Å². The van der Waals surface area contributed by atoms with Crippen LogP contribution in [0.25, 0.3) is 0 Å². The number of hydrogen-bond donors (Lipinski definition) is 1. The van der Waals surface area contributed by atoms with Crippen LogP contribution in [0.2, 0.25) is 0 Å². The predicted octanol–water partition coefficient (Wildman–Crippen LogP) is 2.71. The summed E-state index contributed by atoms with van der Waals surface area (Å²) in [6, 6.07) is 4.44. The molecule has 0 unspecified atom stereocenters. The molecule has 1 aromatic rings. The number of anilines is 1. The lowest BCUT2D eigenvalue weighted by Gasteiger charge is -2.29. The van der Waals surface area contributed by atoms with Gasteiger partial charge < -0.3 is 14.8 Å². The second-order valence-corrected chi connectivity index (χ2v) is 5.25. The van der Waals surface area contributed by atoms with Crippen LogP contribution in [0, 0.1) is 11.3 Å². The Morgan fingerprint density at radius 3 is 2.29 bits per heavy atom. The Balaban J connectivity index is 2.34. The summed E-state index contributed by atoms with van der Waals surface area (Å²) in [5.74, 6) is -3.49. The van der Waals surface area contributed by atoms with Crippen LogP contribution in [0.4, 0.5) is 18.9 Å². The summed E-state index contributed by atoms with van der Waals surface area (Å²) < 4.78 is 48.7. The molecule has 126 valence electrons. The number of carbonyl (C=O) groups excluding carboxylic acids is 2. The number of alkyl halides is 3. The van der Waals surface area contributed by atoms with Gasteiger partial charge in [-0.05, 0) is 18.2 Å². The average Bonchev–Trinajstić information content (AvgIpc) is 2.44. The second kappa shape index (κ2) is 5.88. The Bertz CT molecular complexity index is 754. The zero-order valence-corrected chi connectivity index (χ0v) is 12.5. The third kappa shape index (κ3) is 3.65. The molecule has 0 aromatic heterocycles. The molecule has 0 aliphatic carbocycles. The summed E-state index contributed by atoms with van der Waals surface area (Å²) in [6.07, 6.45) is -3.96. The first kappa shape index (κ1) is 17.3. The van der Waals surface area contributed by atoms with Crippen molar-refractivity contribution in [1.29, 1.82) is 5.26 Å². The maximum atomic E-state index is 13.0. The minimum atomic E-state index is -4.73. The number of nitrogens with one attached hydrogen (secondary N) is 1. The molecule has 0 amide bonds. The number of nitriles is 1. The van der Waals surface area contributed by atoms with E-state index >= 15 is 0 Å². The molecule has 2 rings (SSSR count). The van der Waals surface area contributed by atoms with Gasteiger partial charge in [0.2, 0.25) is 0 Å². The SMILES string of the molecule is CC1(C)OC(=O)C(=CNc2ccc(C#N)cc2C(F)(F)F)C(=O)O1. The van der Waals surface area contributed by atoms with Gasteiger partial charge in [-0.2, -0.15) is 18.4 Å². The molecule has 0 radical (unpaired) electrons. The maximum Gasteiger partial charge on any atom is 0.418 e. The van der Waals surface area contributed by atoms with E-state index in [0.717, 1.165) is 18.3 Å². The molecule has 24 heavy (non-hydrogen) atoms. The summed E-state index contributed by atoms with van der Waals surface area (Å²) in [4.78, 5) is 23.5. The molecule has 0 atom stereocenters. The number of esters is 2. The molecular weight excluding hydrogens is 329 g/mol. The molecule has 0 saturated carbocycles. The number of rotatable bonds is 2. The first-order chi connectivity index (χ1) is 11.0. The van der Waals surface area contributed by atoms with Crippen molar-refractivity contribution < 1.29 is 32.2 Å². The summed E-state index contributed by atoms with van der Waals surface area (Å²) >= 11 is 0. The van der Waals surface area contributed by atoms with Gasteiger partial charge in [-0.3, -0.25) is 0 Å². The topological polar surface area (TPSA) is 88.4 Å². The standard InChI is InChI=1S/C15H11F3N2O4/c1-14(2)23-12(21)9(13(22)24-14)7-20-11-4-3-8(6-19)5-10(11)15(16,17)18/h3-5,7,20H,1-2H3. The van der Waals surface area contributed by atoms with Crippen LogP contribution >= 0.6 is 0 Å². The molecule has 9 heteroatoms. The van der Waals surface area contributed by atoms with Crippen molar-refractivity contribution in [3.63, 3.8) is 0 Å². The van der Waals surface area contributed by atoms with Crippen molar-refractivity contribution in [2.45, 2.75) is 25.8 Å².